The first-order valence-corrected chi connectivity index (χ1v) is 10.1. The van der Waals surface area contributed by atoms with Crippen molar-refractivity contribution >= 4 is 25.0 Å². The van der Waals surface area contributed by atoms with E-state index < -0.39 is 14.4 Å². The van der Waals surface area contributed by atoms with Crippen molar-refractivity contribution in [2.75, 3.05) is 0 Å². The summed E-state index contributed by atoms with van der Waals surface area (Å²) in [6, 6.07) is 20.6. The van der Waals surface area contributed by atoms with Crippen molar-refractivity contribution in [3.8, 4) is 0 Å². The van der Waals surface area contributed by atoms with E-state index in [-0.39, 0.29) is 5.04 Å². The van der Waals surface area contributed by atoms with Gasteiger partial charge < -0.3 is 9.22 Å². The van der Waals surface area contributed by atoms with E-state index in [2.05, 4.69) is 51.6 Å². The van der Waals surface area contributed by atoms with Crippen LogP contribution in [0.4, 0.5) is 0 Å². The van der Waals surface area contributed by atoms with Gasteiger partial charge in [-0.3, -0.25) is 0 Å². The van der Waals surface area contributed by atoms with Gasteiger partial charge in [-0.2, -0.15) is 0 Å². The molecule has 0 saturated carbocycles. The van der Waals surface area contributed by atoms with Gasteiger partial charge in [-0.25, -0.2) is 0 Å². The molecule has 0 spiro atoms. The standard InChI is InChI=1S/C21H26O2Si/c1-17(2)20(16-22)23-24(21(3,4)5,18-12-8-6-9-13-18)19-14-10-7-11-15-19/h6-16,20H,1H2,2-5H3. The summed E-state index contributed by atoms with van der Waals surface area (Å²) < 4.78 is 6.66. The molecule has 1 unspecified atom stereocenters. The minimum atomic E-state index is -2.69. The van der Waals surface area contributed by atoms with Crippen LogP contribution in [0.2, 0.25) is 5.04 Å². The van der Waals surface area contributed by atoms with Gasteiger partial charge in [0.25, 0.3) is 8.32 Å². The molecule has 2 aromatic carbocycles. The van der Waals surface area contributed by atoms with Gasteiger partial charge in [0.15, 0.2) is 6.29 Å². The van der Waals surface area contributed by atoms with Crippen molar-refractivity contribution in [3.05, 3.63) is 72.8 Å². The fraction of sp³-hybridized carbons (Fsp3) is 0.286. The molecular formula is C21H26O2Si. The Hall–Kier alpha value is -1.97. The van der Waals surface area contributed by atoms with Crippen LogP contribution < -0.4 is 10.4 Å². The lowest BCUT2D eigenvalue weighted by Crippen LogP contribution is -2.67. The van der Waals surface area contributed by atoms with Crippen LogP contribution in [0, 0.1) is 0 Å². The molecule has 0 heterocycles. The lowest BCUT2D eigenvalue weighted by molar-refractivity contribution is -0.112. The third-order valence-corrected chi connectivity index (χ3v) is 9.34. The zero-order valence-corrected chi connectivity index (χ0v) is 16.0. The third kappa shape index (κ3) is 3.42. The second-order valence-corrected chi connectivity index (χ2v) is 11.4. The first-order valence-electron chi connectivity index (χ1n) is 8.22. The average molecular weight is 339 g/mol. The lowest BCUT2D eigenvalue weighted by Gasteiger charge is -2.44. The predicted octanol–water partition coefficient (Wildman–Crippen LogP) is 3.71. The Morgan fingerprint density at radius 2 is 1.42 bits per heavy atom. The SMILES string of the molecule is C=C(C)C(C=O)O[Si](c1ccccc1)(c1ccccc1)C(C)(C)C. The van der Waals surface area contributed by atoms with E-state index in [1.165, 1.54) is 0 Å². The Bertz CT molecular complexity index is 647. The molecule has 0 aromatic heterocycles. The molecule has 0 bridgehead atoms. The molecule has 0 fully saturated rings. The van der Waals surface area contributed by atoms with Crippen LogP contribution in [0.15, 0.2) is 72.8 Å². The van der Waals surface area contributed by atoms with Crippen molar-refractivity contribution in [2.24, 2.45) is 0 Å². The van der Waals surface area contributed by atoms with Gasteiger partial charge in [-0.05, 0) is 27.9 Å². The van der Waals surface area contributed by atoms with Crippen LogP contribution in [0.3, 0.4) is 0 Å². The Kier molecular flexibility index (Phi) is 5.57. The van der Waals surface area contributed by atoms with Crippen LogP contribution in [0.25, 0.3) is 0 Å². The summed E-state index contributed by atoms with van der Waals surface area (Å²) in [7, 11) is -2.69. The maximum Gasteiger partial charge on any atom is 0.262 e. The fourth-order valence-corrected chi connectivity index (χ4v) is 7.78. The normalized spacial score (nSPS) is 13.3. The number of hydrogen-bond donors (Lipinski definition) is 0. The molecule has 0 aliphatic carbocycles. The monoisotopic (exact) mass is 338 g/mol. The van der Waals surface area contributed by atoms with E-state index in [0.29, 0.717) is 0 Å². The number of hydrogen-bond acceptors (Lipinski definition) is 2. The van der Waals surface area contributed by atoms with E-state index in [0.717, 1.165) is 22.2 Å². The second kappa shape index (κ2) is 7.28. The largest absolute Gasteiger partial charge is 0.394 e. The minimum Gasteiger partial charge on any atom is -0.394 e. The molecule has 0 aliphatic rings. The summed E-state index contributed by atoms with van der Waals surface area (Å²) in [5.74, 6) is 0. The molecule has 2 nitrogen and oxygen atoms in total. The van der Waals surface area contributed by atoms with E-state index in [1.807, 2.05) is 43.3 Å². The van der Waals surface area contributed by atoms with Crippen LogP contribution in [-0.4, -0.2) is 20.7 Å². The minimum absolute atomic E-state index is 0.146. The molecule has 0 saturated heterocycles. The second-order valence-electron chi connectivity index (χ2n) is 7.18. The smallest absolute Gasteiger partial charge is 0.262 e. The molecule has 24 heavy (non-hydrogen) atoms. The quantitative estimate of drug-likeness (QED) is 0.456. The molecule has 2 aromatic rings. The number of rotatable bonds is 6. The van der Waals surface area contributed by atoms with Crippen molar-refractivity contribution < 1.29 is 9.22 Å². The van der Waals surface area contributed by atoms with Crippen LogP contribution in [-0.2, 0) is 9.22 Å². The van der Waals surface area contributed by atoms with E-state index in [9.17, 15) is 4.79 Å². The Balaban J connectivity index is 2.75. The Morgan fingerprint density at radius 3 is 1.71 bits per heavy atom. The summed E-state index contributed by atoms with van der Waals surface area (Å²) in [4.78, 5) is 11.7. The summed E-state index contributed by atoms with van der Waals surface area (Å²) >= 11 is 0. The third-order valence-electron chi connectivity index (χ3n) is 4.33. The molecule has 0 radical (unpaired) electrons. The zero-order valence-electron chi connectivity index (χ0n) is 15.0. The topological polar surface area (TPSA) is 26.3 Å². The van der Waals surface area contributed by atoms with Gasteiger partial charge in [0.2, 0.25) is 0 Å². The fourth-order valence-electron chi connectivity index (χ4n) is 3.13. The molecule has 1 atom stereocenters. The summed E-state index contributed by atoms with van der Waals surface area (Å²) in [5.41, 5.74) is 0.734. The van der Waals surface area contributed by atoms with E-state index in [1.54, 1.807) is 0 Å². The molecular weight excluding hydrogens is 312 g/mol. The maximum atomic E-state index is 11.7. The highest BCUT2D eigenvalue weighted by Gasteiger charge is 2.51. The van der Waals surface area contributed by atoms with Crippen molar-refractivity contribution in [1.82, 2.24) is 0 Å². The summed E-state index contributed by atoms with van der Waals surface area (Å²) in [5, 5.41) is 2.18. The highest BCUT2D eigenvalue weighted by atomic mass is 28.4. The molecule has 0 amide bonds. The van der Waals surface area contributed by atoms with Gasteiger partial charge in [-0.1, -0.05) is 88.0 Å². The molecule has 0 N–H and O–H groups in total. The van der Waals surface area contributed by atoms with Crippen LogP contribution in [0.1, 0.15) is 27.7 Å². The van der Waals surface area contributed by atoms with Gasteiger partial charge >= 0.3 is 0 Å². The highest BCUT2D eigenvalue weighted by Crippen LogP contribution is 2.37. The van der Waals surface area contributed by atoms with Gasteiger partial charge in [0.1, 0.15) is 6.10 Å². The predicted molar refractivity (Wildman–Crippen MR) is 103 cm³/mol. The Morgan fingerprint density at radius 1 is 1.00 bits per heavy atom. The number of aldehydes is 1. The van der Waals surface area contributed by atoms with Gasteiger partial charge in [-0.15, -0.1) is 0 Å². The summed E-state index contributed by atoms with van der Waals surface area (Å²) in [6.07, 6.45) is 0.262. The molecule has 126 valence electrons. The maximum absolute atomic E-state index is 11.7. The van der Waals surface area contributed by atoms with E-state index in [4.69, 9.17) is 4.43 Å². The van der Waals surface area contributed by atoms with E-state index >= 15 is 0 Å². The lowest BCUT2D eigenvalue weighted by atomic mass is 10.2. The van der Waals surface area contributed by atoms with Crippen LogP contribution >= 0.6 is 0 Å². The highest BCUT2D eigenvalue weighted by molar-refractivity contribution is 6.99. The van der Waals surface area contributed by atoms with Gasteiger partial charge in [0, 0.05) is 0 Å². The number of carbonyl (C=O) groups excluding carboxylic acids is 1. The average Bonchev–Trinajstić information content (AvgIpc) is 2.56. The first kappa shape index (κ1) is 18.4. The van der Waals surface area contributed by atoms with Crippen molar-refractivity contribution in [2.45, 2.75) is 38.8 Å². The molecule has 0 aliphatic heterocycles. The number of benzene rings is 2. The Labute approximate surface area is 146 Å². The molecule has 2 rings (SSSR count). The van der Waals surface area contributed by atoms with Gasteiger partial charge in [0.05, 0.1) is 0 Å². The first-order chi connectivity index (χ1) is 11.3. The van der Waals surface area contributed by atoms with Crippen molar-refractivity contribution in [1.29, 1.82) is 0 Å². The zero-order chi connectivity index (χ0) is 17.8. The molecule has 3 heteroatoms. The van der Waals surface area contributed by atoms with Crippen LogP contribution in [0.5, 0.6) is 0 Å². The summed E-state index contributed by atoms with van der Waals surface area (Å²) in [6.45, 7) is 12.4. The number of carbonyl (C=O) groups is 1. The van der Waals surface area contributed by atoms with Crippen molar-refractivity contribution in [3.63, 3.8) is 0 Å².